The Morgan fingerprint density at radius 1 is 1.00 bits per heavy atom. The number of ether oxygens (including phenoxy) is 1. The fourth-order valence-electron chi connectivity index (χ4n) is 7.71. The predicted octanol–water partition coefficient (Wildman–Crippen LogP) is 5.91. The highest BCUT2D eigenvalue weighted by Crippen LogP contribution is 2.44. The second-order valence-electron chi connectivity index (χ2n) is 13.1. The fraction of sp³-hybridized carbons (Fsp3) is 0.389. The summed E-state index contributed by atoms with van der Waals surface area (Å²) in [5.41, 5.74) is 6.43. The van der Waals surface area contributed by atoms with Gasteiger partial charge < -0.3 is 24.1 Å². The standard InChI is InChI=1S/C36H38N6O3/c1-20-25-11-13-29(20)42(19-25)36(44)26-15-28-32(31(17-26)45-4)40(3)34(39-28)30-16-23-10-12-27(38-33(23)41(30)18-21-8-9-21)22-6-5-7-24(14-22)35(43)37-2/h5-7,10,12,14-17,20-21,25,29H,8-9,11,13,18-19H2,1-4H3,(H,37,43)/t20-,25?,29?/m1/s1. The fourth-order valence-corrected chi connectivity index (χ4v) is 7.71. The van der Waals surface area contributed by atoms with Crippen LogP contribution in [0.4, 0.5) is 0 Å². The molecule has 3 atom stereocenters. The van der Waals surface area contributed by atoms with Crippen molar-refractivity contribution in [1.82, 2.24) is 29.3 Å². The lowest BCUT2D eigenvalue weighted by atomic mass is 10.0. The van der Waals surface area contributed by atoms with Crippen LogP contribution in [0.1, 0.15) is 53.3 Å². The number of pyridine rings is 1. The molecule has 3 fully saturated rings. The molecule has 2 unspecified atom stereocenters. The van der Waals surface area contributed by atoms with Gasteiger partial charge in [0.1, 0.15) is 16.9 Å². The number of carbonyl (C=O) groups excluding carboxylic acids is 2. The number of carbonyl (C=O) groups is 2. The summed E-state index contributed by atoms with van der Waals surface area (Å²) in [6.45, 7) is 3.98. The molecule has 1 aliphatic heterocycles. The van der Waals surface area contributed by atoms with Crippen molar-refractivity contribution in [3.63, 3.8) is 0 Å². The second kappa shape index (κ2) is 10.5. The van der Waals surface area contributed by atoms with E-state index in [9.17, 15) is 9.59 Å². The number of benzene rings is 2. The molecule has 4 heterocycles. The minimum Gasteiger partial charge on any atom is -0.494 e. The molecule has 2 aromatic carbocycles. The van der Waals surface area contributed by atoms with E-state index >= 15 is 0 Å². The number of hydrogen-bond acceptors (Lipinski definition) is 5. The van der Waals surface area contributed by atoms with Gasteiger partial charge in [-0.2, -0.15) is 0 Å². The van der Waals surface area contributed by atoms with Gasteiger partial charge in [0.15, 0.2) is 5.82 Å². The second-order valence-corrected chi connectivity index (χ2v) is 13.1. The molecule has 9 heteroatoms. The highest BCUT2D eigenvalue weighted by molar-refractivity contribution is 6.00. The van der Waals surface area contributed by atoms with Crippen LogP contribution >= 0.6 is 0 Å². The van der Waals surface area contributed by atoms with E-state index in [-0.39, 0.29) is 11.8 Å². The minimum atomic E-state index is -0.123. The van der Waals surface area contributed by atoms with E-state index in [2.05, 4.69) is 38.4 Å². The van der Waals surface area contributed by atoms with Crippen molar-refractivity contribution in [2.45, 2.75) is 45.2 Å². The Bertz CT molecular complexity index is 2000. The maximum Gasteiger partial charge on any atom is 0.254 e. The van der Waals surface area contributed by atoms with Crippen molar-refractivity contribution in [2.24, 2.45) is 24.8 Å². The lowest BCUT2D eigenvalue weighted by Gasteiger charge is -2.27. The van der Waals surface area contributed by atoms with Gasteiger partial charge in [0.2, 0.25) is 0 Å². The van der Waals surface area contributed by atoms with Crippen LogP contribution in [0.5, 0.6) is 5.75 Å². The Balaban J connectivity index is 1.23. The maximum atomic E-state index is 13.8. The number of methoxy groups -OCH3 is 1. The molecule has 8 rings (SSSR count). The van der Waals surface area contributed by atoms with Crippen LogP contribution in [0.15, 0.2) is 54.6 Å². The summed E-state index contributed by atoms with van der Waals surface area (Å²) in [7, 11) is 5.31. The van der Waals surface area contributed by atoms with Gasteiger partial charge in [-0.1, -0.05) is 19.1 Å². The lowest BCUT2D eigenvalue weighted by Crippen LogP contribution is -2.38. The van der Waals surface area contributed by atoms with Crippen LogP contribution in [-0.2, 0) is 13.6 Å². The van der Waals surface area contributed by atoms with Gasteiger partial charge in [-0.3, -0.25) is 9.59 Å². The first kappa shape index (κ1) is 27.9. The summed E-state index contributed by atoms with van der Waals surface area (Å²) in [6.07, 6.45) is 4.71. The number of rotatable bonds is 7. The quantitative estimate of drug-likeness (QED) is 0.250. The number of piperidine rings is 1. The lowest BCUT2D eigenvalue weighted by molar-refractivity contribution is 0.0695. The molecule has 2 bridgehead atoms. The van der Waals surface area contributed by atoms with Gasteiger partial charge in [0.25, 0.3) is 11.8 Å². The summed E-state index contributed by atoms with van der Waals surface area (Å²) in [5, 5.41) is 3.73. The highest BCUT2D eigenvalue weighted by Gasteiger charge is 2.46. The van der Waals surface area contributed by atoms with Gasteiger partial charge in [0, 0.05) is 55.3 Å². The number of hydrogen-bond donors (Lipinski definition) is 1. The number of aromatic nitrogens is 4. The SMILES string of the molecule is CNC(=O)c1cccc(-c2ccc3cc(-c4nc5cc(C(=O)N6CC7CCC6[C@@H]7C)cc(OC)c5n4C)n(CC4CC4)c3n2)c1. The van der Waals surface area contributed by atoms with Crippen molar-refractivity contribution in [1.29, 1.82) is 0 Å². The molecule has 5 aromatic rings. The van der Waals surface area contributed by atoms with Gasteiger partial charge in [-0.25, -0.2) is 9.97 Å². The molecule has 3 aromatic heterocycles. The number of nitrogens with one attached hydrogen (secondary N) is 1. The largest absolute Gasteiger partial charge is 0.494 e. The zero-order valence-corrected chi connectivity index (χ0v) is 26.2. The number of aryl methyl sites for hydroxylation is 1. The monoisotopic (exact) mass is 602 g/mol. The van der Waals surface area contributed by atoms with Gasteiger partial charge in [-0.15, -0.1) is 0 Å². The third-order valence-electron chi connectivity index (χ3n) is 10.4. The average Bonchev–Trinajstić information content (AvgIpc) is 3.47. The van der Waals surface area contributed by atoms with Crippen molar-refractivity contribution in [3.8, 4) is 28.5 Å². The number of amides is 2. The predicted molar refractivity (Wildman–Crippen MR) is 174 cm³/mol. The Labute approximate surface area is 262 Å². The van der Waals surface area contributed by atoms with E-state index in [4.69, 9.17) is 14.7 Å². The van der Waals surface area contributed by atoms with Crippen LogP contribution in [0.25, 0.3) is 44.8 Å². The third-order valence-corrected chi connectivity index (χ3v) is 10.4. The first-order valence-electron chi connectivity index (χ1n) is 16.0. The topological polar surface area (TPSA) is 94.3 Å². The molecular weight excluding hydrogens is 564 g/mol. The summed E-state index contributed by atoms with van der Waals surface area (Å²) < 4.78 is 10.2. The first-order chi connectivity index (χ1) is 21.8. The molecule has 1 N–H and O–H groups in total. The van der Waals surface area contributed by atoms with E-state index in [0.29, 0.717) is 40.7 Å². The third kappa shape index (κ3) is 4.51. The van der Waals surface area contributed by atoms with E-state index in [1.54, 1.807) is 14.2 Å². The summed E-state index contributed by atoms with van der Waals surface area (Å²) in [4.78, 5) is 38.4. The van der Waals surface area contributed by atoms with E-state index in [1.165, 1.54) is 19.3 Å². The number of imidazole rings is 1. The van der Waals surface area contributed by atoms with Crippen molar-refractivity contribution >= 4 is 33.9 Å². The maximum absolute atomic E-state index is 13.8. The minimum absolute atomic E-state index is 0.0708. The van der Waals surface area contributed by atoms with E-state index in [1.807, 2.05) is 49.5 Å². The zero-order valence-electron chi connectivity index (χ0n) is 26.2. The van der Waals surface area contributed by atoms with Crippen LogP contribution in [0, 0.1) is 17.8 Å². The first-order valence-corrected chi connectivity index (χ1v) is 16.0. The number of likely N-dealkylation sites (tertiary alicyclic amines) is 1. The van der Waals surface area contributed by atoms with Gasteiger partial charge in [0.05, 0.1) is 24.0 Å². The molecule has 2 aliphatic carbocycles. The van der Waals surface area contributed by atoms with Crippen molar-refractivity contribution in [2.75, 3.05) is 20.7 Å². The Morgan fingerprint density at radius 3 is 2.56 bits per heavy atom. The molecular formula is C36H38N6O3. The van der Waals surface area contributed by atoms with Crippen LogP contribution in [0.3, 0.4) is 0 Å². The highest BCUT2D eigenvalue weighted by atomic mass is 16.5. The summed E-state index contributed by atoms with van der Waals surface area (Å²) in [5.74, 6) is 3.17. The molecule has 230 valence electrons. The Morgan fingerprint density at radius 2 is 1.84 bits per heavy atom. The van der Waals surface area contributed by atoms with Gasteiger partial charge in [-0.05, 0) is 85.9 Å². The summed E-state index contributed by atoms with van der Waals surface area (Å²) >= 11 is 0. The average molecular weight is 603 g/mol. The Kier molecular flexibility index (Phi) is 6.48. The molecule has 9 nitrogen and oxygen atoms in total. The smallest absolute Gasteiger partial charge is 0.254 e. The molecule has 0 radical (unpaired) electrons. The number of nitrogens with zero attached hydrogens (tertiary/aromatic N) is 5. The molecule has 3 aliphatic rings. The van der Waals surface area contributed by atoms with E-state index in [0.717, 1.165) is 64.4 Å². The Hall–Kier alpha value is -4.66. The van der Waals surface area contributed by atoms with Crippen LogP contribution in [-0.4, -0.2) is 62.6 Å². The normalized spacial score (nSPS) is 20.8. The van der Waals surface area contributed by atoms with Crippen molar-refractivity contribution < 1.29 is 14.3 Å². The van der Waals surface area contributed by atoms with Crippen LogP contribution < -0.4 is 10.1 Å². The van der Waals surface area contributed by atoms with Crippen molar-refractivity contribution in [3.05, 3.63) is 65.7 Å². The molecule has 45 heavy (non-hydrogen) atoms. The summed E-state index contributed by atoms with van der Waals surface area (Å²) in [6, 6.07) is 18.0. The molecule has 2 amide bonds. The van der Waals surface area contributed by atoms with Gasteiger partial charge >= 0.3 is 0 Å². The molecule has 0 spiro atoms. The molecule has 1 saturated heterocycles. The number of fused-ring (bicyclic) bond motifs is 4. The zero-order chi connectivity index (χ0) is 31.0. The molecule has 2 saturated carbocycles. The van der Waals surface area contributed by atoms with E-state index < -0.39 is 0 Å². The van der Waals surface area contributed by atoms with Crippen LogP contribution in [0.2, 0.25) is 0 Å².